The molecule has 112 heavy (non-hydrogen) atoms. The fraction of sp³-hybridized carbons (Fsp3) is 0.500. The third-order valence-electron chi connectivity index (χ3n) is 22.4. The average Bonchev–Trinajstić information content (AvgIpc) is 0.774. The third kappa shape index (κ3) is 26.6. The summed E-state index contributed by atoms with van der Waals surface area (Å²) in [5, 5.41) is 26.7. The Balaban J connectivity index is 0.000000267. The number of hydrogen-bond acceptors (Lipinski definition) is 0. The molecule has 0 atom stereocenters. The van der Waals surface area contributed by atoms with Crippen molar-refractivity contribution in [1.29, 1.82) is 0 Å². The van der Waals surface area contributed by atoms with Crippen LogP contribution in [0.25, 0.3) is 44.5 Å². The molecular weight excluding hydrogens is 1600 g/mol. The van der Waals surface area contributed by atoms with Gasteiger partial charge in [0, 0.05) is 0 Å². The molecule has 0 bridgehead atoms. The summed E-state index contributed by atoms with van der Waals surface area (Å²) in [7, 11) is -21.9. The van der Waals surface area contributed by atoms with E-state index in [4.69, 9.17) is 0 Å². The van der Waals surface area contributed by atoms with Crippen molar-refractivity contribution >= 4 is 212 Å². The lowest BCUT2D eigenvalue weighted by Crippen LogP contribution is -2.56. The number of hydrogen-bond donors (Lipinski definition) is 0. The zero-order valence-electron chi connectivity index (χ0n) is 81.9. The number of rotatable bonds is 20. The van der Waals surface area contributed by atoms with Crippen molar-refractivity contribution in [2.45, 2.75) is 314 Å². The van der Waals surface area contributed by atoms with Crippen LogP contribution in [0.15, 0.2) is 146 Å². The minimum Gasteiger partial charge on any atom is -0.0656 e. The highest BCUT2D eigenvalue weighted by molar-refractivity contribution is 7.04. The van der Waals surface area contributed by atoms with Crippen LogP contribution in [0.4, 0.5) is 0 Å². The molecule has 0 aliphatic carbocycles. The lowest BCUT2D eigenvalue weighted by atomic mass is 10.1. The van der Waals surface area contributed by atoms with E-state index in [1.807, 2.05) is 0 Å². The van der Waals surface area contributed by atoms with Crippen LogP contribution >= 0.6 is 0 Å². The van der Waals surface area contributed by atoms with Gasteiger partial charge in [0.25, 0.3) is 0 Å². The second-order valence-electron chi connectivity index (χ2n) is 50.1. The van der Waals surface area contributed by atoms with Crippen molar-refractivity contribution in [3.63, 3.8) is 0 Å². The summed E-state index contributed by atoms with van der Waals surface area (Å²) in [6.07, 6.45) is 0. The smallest absolute Gasteiger partial charge is 0.0656 e. The topological polar surface area (TPSA) is 0 Å². The molecule has 0 nitrogen and oxygen atoms in total. The van der Waals surface area contributed by atoms with E-state index >= 15 is 0 Å². The molecule has 616 valence electrons. The molecule has 0 unspecified atom stereocenters. The third-order valence-corrected chi connectivity index (χ3v) is 57.1. The van der Waals surface area contributed by atoms with Crippen LogP contribution in [0.2, 0.25) is 314 Å². The summed E-state index contributed by atoms with van der Waals surface area (Å²) in [6, 6.07) is 59.3. The van der Waals surface area contributed by atoms with Crippen LogP contribution in [0.5, 0.6) is 0 Å². The maximum Gasteiger partial charge on any atom is 0.0774 e. The van der Waals surface area contributed by atoms with E-state index < -0.39 is 129 Å². The van der Waals surface area contributed by atoms with Crippen LogP contribution in [0, 0.1) is 0 Å². The fourth-order valence-electron chi connectivity index (χ4n) is 16.0. The molecule has 8 aromatic carbocycles. The minimum atomic E-state index is -1.39. The van der Waals surface area contributed by atoms with Gasteiger partial charge in [0.15, 0.2) is 0 Å². The summed E-state index contributed by atoms with van der Waals surface area (Å²) in [5.41, 5.74) is 11.3. The van der Waals surface area contributed by atoms with E-state index in [1.165, 1.54) is 44.5 Å². The summed E-state index contributed by atoms with van der Waals surface area (Å²) in [5.74, 6) is 0. The van der Waals surface area contributed by atoms with Gasteiger partial charge in [-0.3, -0.25) is 0 Å². The highest BCUT2D eigenvalue weighted by Gasteiger charge is 2.37. The van der Waals surface area contributed by atoms with Gasteiger partial charge in [-0.05, 0) is 44.5 Å². The van der Waals surface area contributed by atoms with Crippen molar-refractivity contribution in [3.05, 3.63) is 146 Å². The van der Waals surface area contributed by atoms with Crippen LogP contribution < -0.4 is 83.0 Å². The molecule has 0 saturated carbocycles. The van der Waals surface area contributed by atoms with E-state index in [2.05, 4.69) is 460 Å². The van der Waals surface area contributed by atoms with Gasteiger partial charge in [0.1, 0.15) is 0 Å². The molecule has 8 aromatic rings. The van der Waals surface area contributed by atoms with Crippen LogP contribution in [0.3, 0.4) is 0 Å². The summed E-state index contributed by atoms with van der Waals surface area (Å²) >= 11 is 0. The fourth-order valence-corrected chi connectivity index (χ4v) is 57.5. The molecule has 16 heteroatoms. The van der Waals surface area contributed by atoms with Crippen molar-refractivity contribution in [2.24, 2.45) is 0 Å². The van der Waals surface area contributed by atoms with Crippen molar-refractivity contribution in [3.8, 4) is 44.5 Å². The first-order valence-corrected chi connectivity index (χ1v) is 98.9. The van der Waals surface area contributed by atoms with Gasteiger partial charge >= 0.3 is 0 Å². The van der Waals surface area contributed by atoms with Gasteiger partial charge in [0.05, 0.1) is 129 Å². The maximum absolute atomic E-state index is 2.55. The second-order valence-corrected chi connectivity index (χ2v) is 131. The normalized spacial score (nSPS) is 13.7. The molecule has 0 aromatic heterocycles. The highest BCUT2D eigenvalue weighted by atomic mass is 28.4. The first-order chi connectivity index (χ1) is 49.7. The lowest BCUT2D eigenvalue weighted by molar-refractivity contribution is 1.61. The van der Waals surface area contributed by atoms with Crippen molar-refractivity contribution in [2.75, 3.05) is 0 Å². The molecule has 0 N–H and O–H groups in total. The van der Waals surface area contributed by atoms with E-state index in [0.29, 0.717) is 0 Å². The Morgan fingerprint density at radius 2 is 0.152 bits per heavy atom. The van der Waals surface area contributed by atoms with Gasteiger partial charge in [-0.2, -0.15) is 0 Å². The SMILES string of the molecule is C[Si](C)(C)c1ccc(-c2ccc([Si](C)(C)C)c([Si](C)(C)C)c2)cc1[Si](C)(C)C.C[Si](C)(C)c1ccc(-c2ccc([Si](C)(C)C)c([Si](C)(C)C)c2)cc1[Si](C)(C)C.C[Si](C)(C)c1ccc(-c2ccc([Si](C)(C)C)c([Si](C)(C)C)c2)cc1[Si](C)(C)C.C[Si](C)(C)c1ccc(-c2ccc([Si](C)(C)C)c([Si](C)(C)C)c2)cc1[Si](C)(C)C. The van der Waals surface area contributed by atoms with Crippen molar-refractivity contribution < 1.29 is 0 Å². The first kappa shape index (κ1) is 99.8. The van der Waals surface area contributed by atoms with Crippen molar-refractivity contribution in [1.82, 2.24) is 0 Å². The molecule has 0 amide bonds. The molecule has 0 radical (unpaired) electrons. The van der Waals surface area contributed by atoms with Crippen LogP contribution in [-0.4, -0.2) is 129 Å². The molecule has 0 saturated heterocycles. The van der Waals surface area contributed by atoms with Crippen LogP contribution in [-0.2, 0) is 0 Å². The molecule has 8 rings (SSSR count). The second kappa shape index (κ2) is 34.8. The molecule has 0 spiro atoms. The average molecular weight is 1770 g/mol. The van der Waals surface area contributed by atoms with E-state index in [9.17, 15) is 0 Å². The standard InChI is InChI=1S/4C24H42Si4/c4*1-25(2,3)21-15-13-19(17-23(21)27(7,8)9)20-14-16-22(26(4,5)6)24(18-20)28(10,11)12/h4*13-18H,1-12H3. The molecule has 0 heterocycles. The Labute approximate surface area is 709 Å². The summed E-state index contributed by atoms with van der Waals surface area (Å²) in [6.45, 7) is 120. The lowest BCUT2D eigenvalue weighted by Gasteiger charge is -2.30. The van der Waals surface area contributed by atoms with Gasteiger partial charge in [-0.1, -0.05) is 543 Å². The van der Waals surface area contributed by atoms with E-state index in [-0.39, 0.29) is 0 Å². The minimum absolute atomic E-state index is 1.34. The molecule has 0 aliphatic rings. The Morgan fingerprint density at radius 3 is 0.205 bits per heavy atom. The zero-order chi connectivity index (χ0) is 86.8. The van der Waals surface area contributed by atoms with Gasteiger partial charge in [0.2, 0.25) is 0 Å². The quantitative estimate of drug-likeness (QED) is 0.0667. The van der Waals surface area contributed by atoms with Gasteiger partial charge in [-0.25, -0.2) is 0 Å². The van der Waals surface area contributed by atoms with Crippen LogP contribution in [0.1, 0.15) is 0 Å². The van der Waals surface area contributed by atoms with E-state index in [0.717, 1.165) is 0 Å². The predicted molar refractivity (Wildman–Crippen MR) is 575 cm³/mol. The largest absolute Gasteiger partial charge is 0.0774 e. The summed E-state index contributed by atoms with van der Waals surface area (Å²) < 4.78 is 0. The highest BCUT2D eigenvalue weighted by Crippen LogP contribution is 2.27. The molecular formula is C96H168Si16. The Hall–Kier alpha value is -2.77. The Kier molecular flexibility index (Phi) is 31.0. The Bertz CT molecular complexity index is 3710. The van der Waals surface area contributed by atoms with E-state index in [1.54, 1.807) is 83.0 Å². The van der Waals surface area contributed by atoms with Gasteiger partial charge < -0.3 is 0 Å². The number of benzene rings is 8. The first-order valence-electron chi connectivity index (χ1n) is 42.9. The zero-order valence-corrected chi connectivity index (χ0v) is 97.9. The molecule has 0 fully saturated rings. The Morgan fingerprint density at radius 1 is 0.0893 bits per heavy atom. The van der Waals surface area contributed by atoms with Gasteiger partial charge in [-0.15, -0.1) is 0 Å². The maximum atomic E-state index is 2.55. The summed E-state index contributed by atoms with van der Waals surface area (Å²) in [4.78, 5) is 0. The predicted octanol–water partition coefficient (Wildman–Crippen LogP) is 22.1. The monoisotopic (exact) mass is 1770 g/mol. The molecule has 0 aliphatic heterocycles.